The van der Waals surface area contributed by atoms with Gasteiger partial charge in [0.2, 0.25) is 0 Å². The molecular weight excluding hydrogens is 596 g/mol. The maximum absolute atomic E-state index is 11.2. The number of nitro benzene ring substituents is 1. The fourth-order valence-electron chi connectivity index (χ4n) is 5.30. The van der Waals surface area contributed by atoms with Crippen LogP contribution in [0.4, 0.5) is 22.9 Å². The van der Waals surface area contributed by atoms with Crippen molar-refractivity contribution in [2.24, 2.45) is 0 Å². The zero-order chi connectivity index (χ0) is 32.8. The van der Waals surface area contributed by atoms with Gasteiger partial charge in [0.25, 0.3) is 5.69 Å². The van der Waals surface area contributed by atoms with Crippen molar-refractivity contribution >= 4 is 33.9 Å². The highest BCUT2D eigenvalue weighted by atomic mass is 16.6. The summed E-state index contributed by atoms with van der Waals surface area (Å²) < 4.78 is 18.0. The van der Waals surface area contributed by atoms with E-state index >= 15 is 0 Å². The number of ether oxygens (including phenoxy) is 3. The second-order valence-corrected chi connectivity index (χ2v) is 10.9. The predicted octanol–water partition coefficient (Wildman–Crippen LogP) is 7.36. The van der Waals surface area contributed by atoms with E-state index in [9.17, 15) is 10.1 Å². The number of nitrogens with one attached hydrogen (secondary N) is 1. The van der Waals surface area contributed by atoms with E-state index in [1.54, 1.807) is 39.7 Å². The number of fused-ring (bicyclic) bond motifs is 1. The molecule has 1 N–H and O–H groups in total. The van der Waals surface area contributed by atoms with Crippen LogP contribution in [0.25, 0.3) is 11.0 Å². The molecule has 0 bridgehead atoms. The van der Waals surface area contributed by atoms with Gasteiger partial charge in [-0.3, -0.25) is 10.1 Å². The van der Waals surface area contributed by atoms with Crippen molar-refractivity contribution in [1.82, 2.24) is 14.8 Å². The zero-order valence-corrected chi connectivity index (χ0v) is 26.3. The van der Waals surface area contributed by atoms with Crippen LogP contribution in [0.5, 0.6) is 17.2 Å². The van der Waals surface area contributed by atoms with Crippen molar-refractivity contribution in [3.05, 3.63) is 136 Å². The normalized spacial score (nSPS) is 10.9. The largest absolute Gasteiger partial charge is 0.497 e. The molecule has 0 aliphatic rings. The molecule has 0 unspecified atom stereocenters. The maximum atomic E-state index is 11.2. The van der Waals surface area contributed by atoms with Crippen molar-refractivity contribution in [3.63, 3.8) is 0 Å². The minimum absolute atomic E-state index is 0.0268. The summed E-state index contributed by atoms with van der Waals surface area (Å²) in [6, 6.07) is 32.2. The van der Waals surface area contributed by atoms with Gasteiger partial charge in [-0.25, -0.2) is 9.67 Å². The third kappa shape index (κ3) is 7.25. The van der Waals surface area contributed by atoms with Gasteiger partial charge in [-0.2, -0.15) is 5.10 Å². The molecule has 6 rings (SSSR count). The molecule has 11 nitrogen and oxygen atoms in total. The summed E-state index contributed by atoms with van der Waals surface area (Å²) in [6.07, 6.45) is 1.75. The van der Waals surface area contributed by atoms with Gasteiger partial charge < -0.3 is 24.4 Å². The molecule has 0 aliphatic carbocycles. The minimum Gasteiger partial charge on any atom is -0.497 e. The average Bonchev–Trinajstić information content (AvgIpc) is 3.46. The number of methoxy groups -OCH3 is 3. The van der Waals surface area contributed by atoms with E-state index in [0.29, 0.717) is 25.3 Å². The highest BCUT2D eigenvalue weighted by molar-refractivity contribution is 5.91. The molecule has 6 aromatic rings. The first-order chi connectivity index (χ1) is 22.9. The molecule has 2 heterocycles. The van der Waals surface area contributed by atoms with Crippen LogP contribution in [0.3, 0.4) is 0 Å². The third-order valence-electron chi connectivity index (χ3n) is 7.79. The van der Waals surface area contributed by atoms with E-state index in [-0.39, 0.29) is 5.69 Å². The second-order valence-electron chi connectivity index (χ2n) is 10.9. The fourth-order valence-corrected chi connectivity index (χ4v) is 5.30. The van der Waals surface area contributed by atoms with Crippen LogP contribution in [0.15, 0.2) is 109 Å². The van der Waals surface area contributed by atoms with Crippen molar-refractivity contribution in [1.29, 1.82) is 0 Å². The standard InChI is InChI=1S/C36H34N6O5/c1-45-31-14-4-25(5-15-31)22-40(23-26-6-16-32(46-2)17-7-26)36-34-20-29(38-28-10-12-30(13-11-28)42(43)44)21-37-35(34)41(39-36)24-27-8-18-33(47-3)19-9-27/h4-21,38H,22-24H2,1-3H3. The zero-order valence-electron chi connectivity index (χ0n) is 26.3. The topological polar surface area (TPSA) is 117 Å². The third-order valence-corrected chi connectivity index (χ3v) is 7.79. The lowest BCUT2D eigenvalue weighted by Gasteiger charge is -2.23. The Kier molecular flexibility index (Phi) is 9.14. The van der Waals surface area contributed by atoms with Crippen molar-refractivity contribution in [3.8, 4) is 17.2 Å². The summed E-state index contributed by atoms with van der Waals surface area (Å²) >= 11 is 0. The molecule has 0 saturated carbocycles. The van der Waals surface area contributed by atoms with Gasteiger partial charge in [0.1, 0.15) is 17.2 Å². The smallest absolute Gasteiger partial charge is 0.269 e. The van der Waals surface area contributed by atoms with Crippen molar-refractivity contribution in [2.45, 2.75) is 19.6 Å². The first-order valence-electron chi connectivity index (χ1n) is 14.9. The lowest BCUT2D eigenvalue weighted by Crippen LogP contribution is -2.23. The Morgan fingerprint density at radius 3 is 1.72 bits per heavy atom. The Morgan fingerprint density at radius 1 is 0.723 bits per heavy atom. The molecule has 0 atom stereocenters. The van der Waals surface area contributed by atoms with Crippen LogP contribution in [-0.2, 0) is 19.6 Å². The number of nitro groups is 1. The van der Waals surface area contributed by atoms with Crippen molar-refractivity contribution < 1.29 is 19.1 Å². The fraction of sp³-hybridized carbons (Fsp3) is 0.167. The molecule has 0 fully saturated rings. The number of anilines is 3. The van der Waals surface area contributed by atoms with Gasteiger partial charge in [-0.05, 0) is 71.3 Å². The SMILES string of the molecule is COc1ccc(CN(Cc2ccc(OC)cc2)c2nn(Cc3ccc(OC)cc3)c3ncc(Nc4ccc([N+](=O)[O-])cc4)cc23)cc1. The van der Waals surface area contributed by atoms with Crippen LogP contribution < -0.4 is 24.4 Å². The predicted molar refractivity (Wildman–Crippen MR) is 182 cm³/mol. The second kappa shape index (κ2) is 13.9. The van der Waals surface area contributed by atoms with Gasteiger partial charge in [-0.15, -0.1) is 0 Å². The summed E-state index contributed by atoms with van der Waals surface area (Å²) in [5.41, 5.74) is 5.41. The summed E-state index contributed by atoms with van der Waals surface area (Å²) in [5, 5.41) is 20.5. The number of hydrogen-bond donors (Lipinski definition) is 1. The van der Waals surface area contributed by atoms with E-state index in [4.69, 9.17) is 24.3 Å². The number of benzene rings is 4. The summed E-state index contributed by atoms with van der Waals surface area (Å²) in [5.74, 6) is 3.12. The number of non-ortho nitro benzene ring substituents is 1. The van der Waals surface area contributed by atoms with E-state index < -0.39 is 4.92 Å². The molecule has 47 heavy (non-hydrogen) atoms. The van der Waals surface area contributed by atoms with Gasteiger partial charge in [0, 0.05) is 30.9 Å². The molecule has 0 radical (unpaired) electrons. The lowest BCUT2D eigenvalue weighted by atomic mass is 10.1. The van der Waals surface area contributed by atoms with Crippen LogP contribution >= 0.6 is 0 Å². The molecule has 0 amide bonds. The first-order valence-corrected chi connectivity index (χ1v) is 14.9. The highest BCUT2D eigenvalue weighted by Crippen LogP contribution is 2.32. The number of nitrogens with zero attached hydrogens (tertiary/aromatic N) is 5. The monoisotopic (exact) mass is 630 g/mol. The Bertz CT molecular complexity index is 1910. The summed E-state index contributed by atoms with van der Waals surface area (Å²) in [6.45, 7) is 1.65. The average molecular weight is 631 g/mol. The Labute approximate surface area is 272 Å². The van der Waals surface area contributed by atoms with Gasteiger partial charge in [0.15, 0.2) is 11.5 Å². The maximum Gasteiger partial charge on any atom is 0.269 e. The molecular formula is C36H34N6O5. The molecule has 4 aromatic carbocycles. The Morgan fingerprint density at radius 2 is 1.23 bits per heavy atom. The van der Waals surface area contributed by atoms with Gasteiger partial charge in [-0.1, -0.05) is 36.4 Å². The first kappa shape index (κ1) is 30.9. The minimum atomic E-state index is -0.416. The van der Waals surface area contributed by atoms with E-state index in [1.807, 2.05) is 59.3 Å². The van der Waals surface area contributed by atoms with Crippen LogP contribution in [-0.4, -0.2) is 41.0 Å². The lowest BCUT2D eigenvalue weighted by molar-refractivity contribution is -0.384. The van der Waals surface area contributed by atoms with Gasteiger partial charge >= 0.3 is 0 Å². The molecule has 0 aliphatic heterocycles. The van der Waals surface area contributed by atoms with E-state index in [1.165, 1.54) is 12.1 Å². The number of hydrogen-bond acceptors (Lipinski definition) is 9. The molecule has 2 aromatic heterocycles. The van der Waals surface area contributed by atoms with Crippen LogP contribution in [0.1, 0.15) is 16.7 Å². The molecule has 238 valence electrons. The van der Waals surface area contributed by atoms with Crippen molar-refractivity contribution in [2.75, 3.05) is 31.5 Å². The highest BCUT2D eigenvalue weighted by Gasteiger charge is 2.20. The Balaban J connectivity index is 1.42. The van der Waals surface area contributed by atoms with E-state index in [0.717, 1.165) is 56.5 Å². The number of pyridine rings is 1. The molecule has 0 spiro atoms. The Hall–Kier alpha value is -6.10. The quantitative estimate of drug-likeness (QED) is 0.103. The summed E-state index contributed by atoms with van der Waals surface area (Å²) in [4.78, 5) is 17.8. The number of rotatable bonds is 13. The van der Waals surface area contributed by atoms with Crippen LogP contribution in [0.2, 0.25) is 0 Å². The van der Waals surface area contributed by atoms with Gasteiger partial charge in [0.05, 0.1) is 50.1 Å². The molecule has 0 saturated heterocycles. The summed E-state index contributed by atoms with van der Waals surface area (Å²) in [7, 11) is 4.96. The number of aromatic nitrogens is 3. The van der Waals surface area contributed by atoms with Crippen LogP contribution in [0, 0.1) is 10.1 Å². The van der Waals surface area contributed by atoms with E-state index in [2.05, 4.69) is 34.5 Å². The molecule has 11 heteroatoms.